The summed E-state index contributed by atoms with van der Waals surface area (Å²) < 4.78 is 19.4. The van der Waals surface area contributed by atoms with Crippen LogP contribution in [-0.4, -0.2) is 28.6 Å². The quantitative estimate of drug-likeness (QED) is 0.503. The number of nitrogens with one attached hydrogen (secondary N) is 1. The first-order valence-corrected chi connectivity index (χ1v) is 8.58. The summed E-state index contributed by atoms with van der Waals surface area (Å²) in [5.41, 5.74) is 0. The predicted molar refractivity (Wildman–Crippen MR) is 85.0 cm³/mol. The fourth-order valence-corrected chi connectivity index (χ4v) is 4.26. The van der Waals surface area contributed by atoms with Crippen molar-refractivity contribution in [2.24, 2.45) is 17.8 Å². The number of anilines is 1. The molecular formula is C15H18Cl2FN3O2. The number of hydrogen-bond donors (Lipinski definition) is 1. The van der Waals surface area contributed by atoms with Crippen molar-refractivity contribution in [3.8, 4) is 0 Å². The number of nitrogens with zero attached hydrogens (tertiary/aromatic N) is 2. The molecule has 8 heteroatoms. The van der Waals surface area contributed by atoms with E-state index in [0.29, 0.717) is 6.61 Å². The maximum Gasteiger partial charge on any atom is 0.311 e. The Morgan fingerprint density at radius 1 is 1.26 bits per heavy atom. The molecule has 0 amide bonds. The Morgan fingerprint density at radius 3 is 2.57 bits per heavy atom. The van der Waals surface area contributed by atoms with Gasteiger partial charge in [0.15, 0.2) is 11.0 Å². The van der Waals surface area contributed by atoms with Crippen LogP contribution in [0.1, 0.15) is 32.6 Å². The van der Waals surface area contributed by atoms with Crippen molar-refractivity contribution in [2.75, 3.05) is 11.9 Å². The van der Waals surface area contributed by atoms with E-state index in [1.807, 2.05) is 0 Å². The summed E-state index contributed by atoms with van der Waals surface area (Å²) in [7, 11) is 0. The lowest BCUT2D eigenvalue weighted by Crippen LogP contribution is -2.52. The van der Waals surface area contributed by atoms with Crippen LogP contribution in [0.15, 0.2) is 0 Å². The van der Waals surface area contributed by atoms with Crippen LogP contribution in [0, 0.1) is 23.6 Å². The lowest BCUT2D eigenvalue weighted by molar-refractivity contribution is -0.154. The van der Waals surface area contributed by atoms with Crippen molar-refractivity contribution in [1.82, 2.24) is 9.97 Å². The maximum atomic E-state index is 14.2. The minimum atomic E-state index is -0.750. The van der Waals surface area contributed by atoms with E-state index in [4.69, 9.17) is 27.9 Å². The first kappa shape index (κ1) is 16.7. The molecule has 0 aliphatic heterocycles. The Balaban J connectivity index is 1.88. The minimum absolute atomic E-state index is 0.0538. The number of esters is 1. The second kappa shape index (κ2) is 6.77. The molecule has 5 nitrogen and oxygen atoms in total. The normalized spacial score (nSPS) is 29.4. The van der Waals surface area contributed by atoms with Crippen LogP contribution in [0.5, 0.6) is 0 Å². The number of aromatic nitrogens is 2. The summed E-state index contributed by atoms with van der Waals surface area (Å²) in [6.45, 7) is 2.12. The Bertz CT molecular complexity index is 609. The second-order valence-corrected chi connectivity index (χ2v) is 6.76. The molecule has 0 aromatic carbocycles. The maximum absolute atomic E-state index is 14.2. The largest absolute Gasteiger partial charge is 0.466 e. The van der Waals surface area contributed by atoms with Gasteiger partial charge >= 0.3 is 5.97 Å². The van der Waals surface area contributed by atoms with Crippen LogP contribution in [0.3, 0.4) is 0 Å². The molecular weight excluding hydrogens is 344 g/mol. The molecule has 3 aliphatic rings. The standard InChI is InChI=1S/C15H18Cl2FN3O2/c1-2-23-14(22)9-7-3-5-8(6-4-7)11(9)19-13-10(18)12(16)20-15(17)21-13/h7-9,11H,2-6H2,1H3,(H,19,20,21). The van der Waals surface area contributed by atoms with E-state index in [9.17, 15) is 9.18 Å². The summed E-state index contributed by atoms with van der Waals surface area (Å²) in [6.07, 6.45) is 4.01. The van der Waals surface area contributed by atoms with Crippen molar-refractivity contribution < 1.29 is 13.9 Å². The number of carbonyl (C=O) groups is 1. The number of rotatable bonds is 4. The number of carbonyl (C=O) groups excluding carboxylic acids is 1. The highest BCUT2D eigenvalue weighted by atomic mass is 35.5. The number of fused-ring (bicyclic) bond motifs is 3. The first-order chi connectivity index (χ1) is 11.0. The second-order valence-electron chi connectivity index (χ2n) is 6.07. The minimum Gasteiger partial charge on any atom is -0.466 e. The fourth-order valence-electron chi connectivity index (χ4n) is 3.88. The summed E-state index contributed by atoms with van der Waals surface area (Å²) in [4.78, 5) is 19.8. The Kier molecular flexibility index (Phi) is 4.92. The van der Waals surface area contributed by atoms with Crippen molar-refractivity contribution in [2.45, 2.75) is 38.6 Å². The van der Waals surface area contributed by atoms with Crippen molar-refractivity contribution in [3.05, 3.63) is 16.3 Å². The third-order valence-electron chi connectivity index (χ3n) is 4.86. The number of halogens is 3. The van der Waals surface area contributed by atoms with Gasteiger partial charge in [-0.15, -0.1) is 0 Å². The van der Waals surface area contributed by atoms with E-state index in [0.717, 1.165) is 25.7 Å². The van der Waals surface area contributed by atoms with E-state index in [-0.39, 0.29) is 46.0 Å². The van der Waals surface area contributed by atoms with Gasteiger partial charge < -0.3 is 10.1 Å². The first-order valence-electron chi connectivity index (χ1n) is 7.83. The molecule has 23 heavy (non-hydrogen) atoms. The molecule has 1 aromatic rings. The van der Waals surface area contributed by atoms with Gasteiger partial charge in [0.25, 0.3) is 0 Å². The van der Waals surface area contributed by atoms with Crippen molar-refractivity contribution in [3.63, 3.8) is 0 Å². The number of ether oxygens (including phenoxy) is 1. The zero-order valence-corrected chi connectivity index (χ0v) is 14.2. The SMILES string of the molecule is CCOC(=O)C1C2CCC(CC2)C1Nc1nc(Cl)nc(Cl)c1F. The van der Waals surface area contributed by atoms with Gasteiger partial charge in [-0.05, 0) is 56.0 Å². The van der Waals surface area contributed by atoms with Gasteiger partial charge in [-0.3, -0.25) is 4.79 Å². The molecule has 0 spiro atoms. The average molecular weight is 362 g/mol. The zero-order chi connectivity index (χ0) is 16.6. The van der Waals surface area contributed by atoms with Crippen LogP contribution >= 0.6 is 23.2 Å². The molecule has 0 saturated heterocycles. The Labute approximate surface area is 143 Å². The molecule has 2 atom stereocenters. The fraction of sp³-hybridized carbons (Fsp3) is 0.667. The van der Waals surface area contributed by atoms with E-state index >= 15 is 0 Å². The van der Waals surface area contributed by atoms with E-state index < -0.39 is 5.82 Å². The molecule has 1 heterocycles. The van der Waals surface area contributed by atoms with E-state index in [1.54, 1.807) is 6.92 Å². The number of hydrogen-bond acceptors (Lipinski definition) is 5. The van der Waals surface area contributed by atoms with E-state index in [2.05, 4.69) is 15.3 Å². The summed E-state index contributed by atoms with van der Waals surface area (Å²) in [6, 6.07) is -0.224. The van der Waals surface area contributed by atoms with Gasteiger partial charge in [-0.25, -0.2) is 4.98 Å². The van der Waals surface area contributed by atoms with Gasteiger partial charge in [0.2, 0.25) is 11.1 Å². The van der Waals surface area contributed by atoms with Gasteiger partial charge in [0.1, 0.15) is 0 Å². The van der Waals surface area contributed by atoms with Crippen molar-refractivity contribution >= 4 is 35.0 Å². The van der Waals surface area contributed by atoms with Gasteiger partial charge in [-0.1, -0.05) is 11.6 Å². The Hall–Kier alpha value is -1.14. The summed E-state index contributed by atoms with van der Waals surface area (Å²) in [5.74, 6) is -0.795. The third kappa shape index (κ3) is 3.24. The van der Waals surface area contributed by atoms with Crippen LogP contribution < -0.4 is 5.32 Å². The van der Waals surface area contributed by atoms with Crippen LogP contribution in [0.2, 0.25) is 10.4 Å². The van der Waals surface area contributed by atoms with Crippen LogP contribution in [0.4, 0.5) is 10.2 Å². The van der Waals surface area contributed by atoms with Crippen LogP contribution in [-0.2, 0) is 9.53 Å². The third-order valence-corrected chi connectivity index (χ3v) is 5.28. The van der Waals surface area contributed by atoms with Gasteiger partial charge in [0, 0.05) is 6.04 Å². The van der Waals surface area contributed by atoms with Crippen molar-refractivity contribution in [1.29, 1.82) is 0 Å². The molecule has 2 bridgehead atoms. The summed E-state index contributed by atoms with van der Waals surface area (Å²) in [5, 5.41) is 2.59. The van der Waals surface area contributed by atoms with Gasteiger partial charge in [-0.2, -0.15) is 9.37 Å². The lowest BCUT2D eigenvalue weighted by atomic mass is 9.61. The zero-order valence-electron chi connectivity index (χ0n) is 12.7. The molecule has 3 fully saturated rings. The predicted octanol–water partition coefficient (Wildman–Crippen LogP) is 3.70. The highest BCUT2D eigenvalue weighted by molar-refractivity contribution is 6.32. The molecule has 1 aromatic heterocycles. The molecule has 3 saturated carbocycles. The molecule has 1 N–H and O–H groups in total. The van der Waals surface area contributed by atoms with Gasteiger partial charge in [0.05, 0.1) is 12.5 Å². The lowest BCUT2D eigenvalue weighted by Gasteiger charge is -2.47. The molecule has 2 unspecified atom stereocenters. The Morgan fingerprint density at radius 2 is 1.91 bits per heavy atom. The molecule has 3 aliphatic carbocycles. The highest BCUT2D eigenvalue weighted by Gasteiger charge is 2.48. The smallest absolute Gasteiger partial charge is 0.311 e. The molecule has 126 valence electrons. The highest BCUT2D eigenvalue weighted by Crippen LogP contribution is 2.46. The average Bonchev–Trinajstić information content (AvgIpc) is 2.53. The van der Waals surface area contributed by atoms with E-state index in [1.165, 1.54) is 0 Å². The topological polar surface area (TPSA) is 64.1 Å². The monoisotopic (exact) mass is 361 g/mol. The molecule has 0 radical (unpaired) electrons. The van der Waals surface area contributed by atoms with Crippen LogP contribution in [0.25, 0.3) is 0 Å². The molecule has 4 rings (SSSR count). The summed E-state index contributed by atoms with van der Waals surface area (Å²) >= 11 is 11.5.